The largest absolute Gasteiger partial charge is 0.389 e. The smallest absolute Gasteiger partial charge is 0.150 e. The van der Waals surface area contributed by atoms with Crippen LogP contribution in [-0.2, 0) is 6.54 Å². The van der Waals surface area contributed by atoms with Crippen LogP contribution in [0.1, 0.15) is 11.1 Å². The number of benzene rings is 2. The van der Waals surface area contributed by atoms with Gasteiger partial charge in [-0.15, -0.1) is 0 Å². The number of halogens is 3. The summed E-state index contributed by atoms with van der Waals surface area (Å²) < 4.78 is 27.6. The predicted molar refractivity (Wildman–Crippen MR) is 81.0 cm³/mol. The molecule has 2 nitrogen and oxygen atoms in total. The minimum atomic E-state index is -0.734. The third-order valence-corrected chi connectivity index (χ3v) is 3.20. The van der Waals surface area contributed by atoms with Crippen molar-refractivity contribution < 1.29 is 8.78 Å². The minimum Gasteiger partial charge on any atom is -0.389 e. The molecule has 0 atom stereocenters. The van der Waals surface area contributed by atoms with Crippen LogP contribution in [0.2, 0.25) is 5.02 Å². The molecule has 2 rings (SSSR count). The molecule has 0 aliphatic rings. The molecule has 2 aromatic carbocycles. The van der Waals surface area contributed by atoms with E-state index in [2.05, 4.69) is 17.5 Å². The summed E-state index contributed by atoms with van der Waals surface area (Å²) in [4.78, 5) is -0.0490. The second-order valence-corrected chi connectivity index (χ2v) is 5.04. The molecule has 104 valence electrons. The van der Waals surface area contributed by atoms with E-state index in [9.17, 15) is 8.78 Å². The van der Waals surface area contributed by atoms with Crippen molar-refractivity contribution in [3.05, 3.63) is 64.2 Å². The molecule has 0 amide bonds. The van der Waals surface area contributed by atoms with Gasteiger partial charge >= 0.3 is 0 Å². The summed E-state index contributed by atoms with van der Waals surface area (Å²) >= 11 is 10.5. The maximum Gasteiger partial charge on any atom is 0.150 e. The lowest BCUT2D eigenvalue weighted by atomic mass is 10.1. The fraction of sp³-hybridized carbons (Fsp3) is 0.0714. The number of hydrogen-bond acceptors (Lipinski definition) is 2. The molecule has 2 aromatic rings. The van der Waals surface area contributed by atoms with Crippen LogP contribution in [0.5, 0.6) is 0 Å². The molecule has 0 heterocycles. The molecule has 20 heavy (non-hydrogen) atoms. The highest BCUT2D eigenvalue weighted by Gasteiger charge is 2.12. The van der Waals surface area contributed by atoms with Crippen LogP contribution in [0.3, 0.4) is 0 Å². The Morgan fingerprint density at radius 2 is 1.70 bits per heavy atom. The summed E-state index contributed by atoms with van der Waals surface area (Å²) in [5.41, 5.74) is 6.15. The van der Waals surface area contributed by atoms with E-state index in [1.54, 1.807) is 24.3 Å². The van der Waals surface area contributed by atoms with Crippen LogP contribution in [-0.4, -0.2) is 4.99 Å². The molecule has 0 unspecified atom stereocenters. The maximum atomic E-state index is 13.8. The SMILES string of the molecule is NC(=S)c1cc(F)c(NCc2ccc(Cl)cc2)c(F)c1. The molecule has 0 spiro atoms. The average Bonchev–Trinajstić information content (AvgIpc) is 2.39. The van der Waals surface area contributed by atoms with Crippen LogP contribution in [0.15, 0.2) is 36.4 Å². The zero-order valence-corrected chi connectivity index (χ0v) is 11.9. The van der Waals surface area contributed by atoms with Gasteiger partial charge < -0.3 is 11.1 Å². The van der Waals surface area contributed by atoms with Gasteiger partial charge in [0.15, 0.2) is 0 Å². The van der Waals surface area contributed by atoms with Crippen LogP contribution in [0, 0.1) is 11.6 Å². The summed E-state index contributed by atoms with van der Waals surface area (Å²) in [7, 11) is 0. The molecule has 3 N–H and O–H groups in total. The Morgan fingerprint density at radius 1 is 1.15 bits per heavy atom. The Bertz CT molecular complexity index is 621. The minimum absolute atomic E-state index is 0.0490. The van der Waals surface area contributed by atoms with Crippen LogP contribution in [0.4, 0.5) is 14.5 Å². The first-order valence-corrected chi connectivity index (χ1v) is 6.53. The van der Waals surface area contributed by atoms with Gasteiger partial charge in [-0.1, -0.05) is 36.0 Å². The fourth-order valence-corrected chi connectivity index (χ4v) is 1.92. The van der Waals surface area contributed by atoms with Crippen molar-refractivity contribution in [2.24, 2.45) is 5.73 Å². The first kappa shape index (κ1) is 14.7. The number of hydrogen-bond donors (Lipinski definition) is 2. The second-order valence-electron chi connectivity index (χ2n) is 4.16. The van der Waals surface area contributed by atoms with E-state index in [4.69, 9.17) is 17.3 Å². The molecule has 0 radical (unpaired) electrons. The Labute approximate surface area is 125 Å². The molecule has 0 bridgehead atoms. The highest BCUT2D eigenvalue weighted by atomic mass is 35.5. The molecule has 0 aromatic heterocycles. The van der Waals surface area contributed by atoms with E-state index in [1.165, 1.54) is 0 Å². The molecule has 0 saturated carbocycles. The first-order valence-electron chi connectivity index (χ1n) is 5.74. The summed E-state index contributed by atoms with van der Waals surface area (Å²) in [6.07, 6.45) is 0. The lowest BCUT2D eigenvalue weighted by Crippen LogP contribution is -2.12. The molecule has 0 fully saturated rings. The first-order chi connectivity index (χ1) is 9.47. The van der Waals surface area contributed by atoms with Crippen molar-refractivity contribution in [2.75, 3.05) is 5.32 Å². The molecular formula is C14H11ClF2N2S. The number of rotatable bonds is 4. The third kappa shape index (κ3) is 3.43. The summed E-state index contributed by atoms with van der Waals surface area (Å²) in [6, 6.07) is 9.18. The Morgan fingerprint density at radius 3 is 2.20 bits per heavy atom. The van der Waals surface area contributed by atoms with E-state index in [-0.39, 0.29) is 22.8 Å². The second kappa shape index (κ2) is 6.15. The lowest BCUT2D eigenvalue weighted by molar-refractivity contribution is 0.587. The quantitative estimate of drug-likeness (QED) is 0.842. The van der Waals surface area contributed by atoms with Crippen molar-refractivity contribution in [1.29, 1.82) is 0 Å². The van der Waals surface area contributed by atoms with Gasteiger partial charge in [0, 0.05) is 17.1 Å². The molecule has 0 aliphatic heterocycles. The highest BCUT2D eigenvalue weighted by Crippen LogP contribution is 2.22. The zero-order valence-electron chi connectivity index (χ0n) is 10.3. The van der Waals surface area contributed by atoms with Crippen molar-refractivity contribution in [1.82, 2.24) is 0 Å². The number of nitrogens with two attached hydrogens (primary N) is 1. The zero-order chi connectivity index (χ0) is 14.7. The highest BCUT2D eigenvalue weighted by molar-refractivity contribution is 7.80. The maximum absolute atomic E-state index is 13.8. The van der Waals surface area contributed by atoms with E-state index in [0.717, 1.165) is 17.7 Å². The van der Waals surface area contributed by atoms with Crippen molar-refractivity contribution in [3.8, 4) is 0 Å². The van der Waals surface area contributed by atoms with Crippen LogP contribution >= 0.6 is 23.8 Å². The Hall–Kier alpha value is -1.72. The van der Waals surface area contributed by atoms with Gasteiger partial charge in [-0.25, -0.2) is 8.78 Å². The Balaban J connectivity index is 2.17. The molecular weight excluding hydrogens is 302 g/mol. The third-order valence-electron chi connectivity index (χ3n) is 2.71. The number of thiocarbonyl (C=S) groups is 1. The van der Waals surface area contributed by atoms with E-state index in [1.807, 2.05) is 0 Å². The molecule has 0 aliphatic carbocycles. The Kier molecular flexibility index (Phi) is 4.52. The number of nitrogens with one attached hydrogen (secondary N) is 1. The summed E-state index contributed by atoms with van der Waals surface area (Å²) in [5.74, 6) is -1.47. The van der Waals surface area contributed by atoms with E-state index < -0.39 is 11.6 Å². The average molecular weight is 313 g/mol. The van der Waals surface area contributed by atoms with Gasteiger partial charge in [-0.2, -0.15) is 0 Å². The van der Waals surface area contributed by atoms with Crippen molar-refractivity contribution >= 4 is 34.5 Å². The molecule has 0 saturated heterocycles. The summed E-state index contributed by atoms with van der Waals surface area (Å²) in [6.45, 7) is 0.275. The normalized spacial score (nSPS) is 10.3. The summed E-state index contributed by atoms with van der Waals surface area (Å²) in [5, 5.41) is 3.31. The van der Waals surface area contributed by atoms with Crippen LogP contribution in [0.25, 0.3) is 0 Å². The van der Waals surface area contributed by atoms with Crippen molar-refractivity contribution in [2.45, 2.75) is 6.54 Å². The van der Waals surface area contributed by atoms with Crippen molar-refractivity contribution in [3.63, 3.8) is 0 Å². The van der Waals surface area contributed by atoms with Crippen LogP contribution < -0.4 is 11.1 Å². The van der Waals surface area contributed by atoms with E-state index in [0.29, 0.717) is 5.02 Å². The van der Waals surface area contributed by atoms with E-state index >= 15 is 0 Å². The molecule has 6 heteroatoms. The topological polar surface area (TPSA) is 38.0 Å². The predicted octanol–water partition coefficient (Wildman–Crippen LogP) is 3.86. The van der Waals surface area contributed by atoms with Gasteiger partial charge in [0.25, 0.3) is 0 Å². The fourth-order valence-electron chi connectivity index (χ4n) is 1.68. The van der Waals surface area contributed by atoms with Gasteiger partial charge in [0.05, 0.1) is 0 Å². The monoisotopic (exact) mass is 312 g/mol. The lowest BCUT2D eigenvalue weighted by Gasteiger charge is -2.10. The van der Waals surface area contributed by atoms with Gasteiger partial charge in [0.1, 0.15) is 22.3 Å². The van der Waals surface area contributed by atoms with Gasteiger partial charge in [-0.3, -0.25) is 0 Å². The van der Waals surface area contributed by atoms with Gasteiger partial charge in [0.2, 0.25) is 0 Å². The van der Waals surface area contributed by atoms with Gasteiger partial charge in [-0.05, 0) is 29.8 Å². The standard InChI is InChI=1S/C14H11ClF2N2S/c15-10-3-1-8(2-4-10)7-19-13-11(16)5-9(14(18)20)6-12(13)17/h1-6,19H,7H2,(H2,18,20). The number of anilines is 1.